The molecule has 3 N–H and O–H groups in total. The van der Waals surface area contributed by atoms with E-state index in [9.17, 15) is 9.59 Å². The lowest BCUT2D eigenvalue weighted by molar-refractivity contribution is -0.139. The van der Waals surface area contributed by atoms with Gasteiger partial charge in [-0.3, -0.25) is 9.59 Å². The number of amides is 1. The number of nitrogens with one attached hydrogen (secondary N) is 1. The van der Waals surface area contributed by atoms with Gasteiger partial charge in [0.2, 0.25) is 5.91 Å². The van der Waals surface area contributed by atoms with Gasteiger partial charge in [0.25, 0.3) is 0 Å². The third-order valence-electron chi connectivity index (χ3n) is 0.936. The minimum absolute atomic E-state index is 0.0970. The lowest BCUT2D eigenvalue weighted by Crippen LogP contribution is -2.32. The molecule has 64 valence electrons. The predicted octanol–water partition coefficient (Wildman–Crippen LogP) is -0.694. The normalized spacial score (nSPS) is 12.2. The van der Waals surface area contributed by atoms with E-state index >= 15 is 0 Å². The van der Waals surface area contributed by atoms with Crippen molar-refractivity contribution in [1.29, 1.82) is 0 Å². The summed E-state index contributed by atoms with van der Waals surface area (Å²) in [6, 6.07) is 0. The lowest BCUT2D eigenvalue weighted by Gasteiger charge is -2.05. The first-order valence-corrected chi connectivity index (χ1v) is 3.21. The molecule has 0 fully saturated rings. The van der Waals surface area contributed by atoms with Crippen molar-refractivity contribution in [1.82, 2.24) is 5.32 Å². The molecule has 0 aliphatic rings. The molecular weight excluding hydrogens is 150 g/mol. The molecule has 1 unspecified atom stereocenters. The third kappa shape index (κ3) is 6.79. The fourth-order valence-corrected chi connectivity index (χ4v) is 0.526. The Morgan fingerprint density at radius 2 is 2.00 bits per heavy atom. The lowest BCUT2D eigenvalue weighted by atomic mass is 10.3. The molecule has 0 saturated heterocycles. The van der Waals surface area contributed by atoms with Crippen LogP contribution in [-0.2, 0) is 9.59 Å². The highest BCUT2D eigenvalue weighted by Gasteiger charge is 2.05. The highest BCUT2D eigenvalue weighted by molar-refractivity contribution is 5.80. The molecule has 0 aromatic carbocycles. The Kier molecular flexibility index (Phi) is 4.21. The molecule has 0 aromatic rings. The monoisotopic (exact) mass is 161 g/mol. The zero-order chi connectivity index (χ0) is 8.85. The van der Waals surface area contributed by atoms with Gasteiger partial charge >= 0.3 is 5.97 Å². The quantitative estimate of drug-likeness (QED) is 0.476. The van der Waals surface area contributed by atoms with E-state index in [0.717, 1.165) is 0 Å². The Morgan fingerprint density at radius 3 is 2.36 bits per heavy atom. The van der Waals surface area contributed by atoms with Crippen LogP contribution in [0.5, 0.6) is 0 Å². The first-order chi connectivity index (χ1) is 5.02. The van der Waals surface area contributed by atoms with Gasteiger partial charge in [0, 0.05) is 6.42 Å². The van der Waals surface area contributed by atoms with Gasteiger partial charge in [-0.15, -0.1) is 0 Å². The second-order valence-corrected chi connectivity index (χ2v) is 2.14. The Morgan fingerprint density at radius 1 is 1.45 bits per heavy atom. The second kappa shape index (κ2) is 4.68. The molecule has 1 amide bonds. The average Bonchev–Trinajstić information content (AvgIpc) is 1.82. The number of aliphatic carboxylic acids is 1. The van der Waals surface area contributed by atoms with Crippen molar-refractivity contribution in [3.8, 4) is 0 Å². The zero-order valence-corrected chi connectivity index (χ0v) is 6.20. The SMILES string of the molecule is CC(O)NC(=O)CCC(=O)O. The van der Waals surface area contributed by atoms with Crippen molar-refractivity contribution in [3.63, 3.8) is 0 Å². The summed E-state index contributed by atoms with van der Waals surface area (Å²) in [7, 11) is 0. The summed E-state index contributed by atoms with van der Waals surface area (Å²) < 4.78 is 0. The number of hydrogen-bond acceptors (Lipinski definition) is 3. The number of aliphatic hydroxyl groups is 1. The van der Waals surface area contributed by atoms with Crippen LogP contribution in [0, 0.1) is 0 Å². The largest absolute Gasteiger partial charge is 0.481 e. The third-order valence-corrected chi connectivity index (χ3v) is 0.936. The molecule has 1 atom stereocenters. The van der Waals surface area contributed by atoms with Crippen LogP contribution in [0.3, 0.4) is 0 Å². The van der Waals surface area contributed by atoms with Crippen LogP contribution in [0.2, 0.25) is 0 Å². The van der Waals surface area contributed by atoms with E-state index in [2.05, 4.69) is 5.32 Å². The molecule has 0 rings (SSSR count). The van der Waals surface area contributed by atoms with Gasteiger partial charge in [0.1, 0.15) is 6.23 Å². The van der Waals surface area contributed by atoms with E-state index in [0.29, 0.717) is 0 Å². The molecule has 0 heterocycles. The van der Waals surface area contributed by atoms with Crippen molar-refractivity contribution < 1.29 is 19.8 Å². The number of carbonyl (C=O) groups excluding carboxylic acids is 1. The van der Waals surface area contributed by atoms with Crippen molar-refractivity contribution >= 4 is 11.9 Å². The molecule has 0 aliphatic heterocycles. The minimum atomic E-state index is -1.02. The molecule has 0 bridgehead atoms. The predicted molar refractivity (Wildman–Crippen MR) is 36.7 cm³/mol. The maximum absolute atomic E-state index is 10.6. The number of carboxylic acids is 1. The molecule has 0 saturated carbocycles. The Hall–Kier alpha value is -1.10. The Balaban J connectivity index is 3.45. The van der Waals surface area contributed by atoms with Gasteiger partial charge in [-0.05, 0) is 6.92 Å². The molecule has 11 heavy (non-hydrogen) atoms. The number of hydrogen-bond donors (Lipinski definition) is 3. The maximum Gasteiger partial charge on any atom is 0.303 e. The molecule has 5 heteroatoms. The van der Waals surface area contributed by atoms with E-state index in [-0.39, 0.29) is 12.8 Å². The van der Waals surface area contributed by atoms with Crippen LogP contribution in [0.25, 0.3) is 0 Å². The molecule has 0 radical (unpaired) electrons. The van der Waals surface area contributed by atoms with Crippen molar-refractivity contribution in [2.24, 2.45) is 0 Å². The first kappa shape index (κ1) is 9.90. The second-order valence-electron chi connectivity index (χ2n) is 2.14. The van der Waals surface area contributed by atoms with Crippen LogP contribution < -0.4 is 5.32 Å². The first-order valence-electron chi connectivity index (χ1n) is 3.21. The minimum Gasteiger partial charge on any atom is -0.481 e. The number of carbonyl (C=O) groups is 2. The maximum atomic E-state index is 10.6. The zero-order valence-electron chi connectivity index (χ0n) is 6.20. The summed E-state index contributed by atoms with van der Waals surface area (Å²) in [6.45, 7) is 1.39. The van der Waals surface area contributed by atoms with E-state index < -0.39 is 18.1 Å². The summed E-state index contributed by atoms with van der Waals surface area (Å²) in [5.41, 5.74) is 0. The van der Waals surface area contributed by atoms with Crippen LogP contribution >= 0.6 is 0 Å². The Labute approximate surface area is 64.0 Å². The van der Waals surface area contributed by atoms with E-state index in [1.807, 2.05) is 0 Å². The van der Waals surface area contributed by atoms with E-state index in [1.54, 1.807) is 0 Å². The fraction of sp³-hybridized carbons (Fsp3) is 0.667. The highest BCUT2D eigenvalue weighted by Crippen LogP contribution is 1.88. The summed E-state index contributed by atoms with van der Waals surface area (Å²) in [5, 5.41) is 18.9. The van der Waals surface area contributed by atoms with Crippen molar-refractivity contribution in [2.45, 2.75) is 26.0 Å². The smallest absolute Gasteiger partial charge is 0.303 e. The topological polar surface area (TPSA) is 86.6 Å². The van der Waals surface area contributed by atoms with Gasteiger partial charge in [-0.1, -0.05) is 0 Å². The molecule has 0 aromatic heterocycles. The standard InChI is InChI=1S/C6H11NO4/c1-4(8)7-5(9)2-3-6(10)11/h4,8H,2-3H2,1H3,(H,7,9)(H,10,11). The van der Waals surface area contributed by atoms with Gasteiger partial charge in [0.15, 0.2) is 0 Å². The van der Waals surface area contributed by atoms with Gasteiger partial charge in [-0.25, -0.2) is 0 Å². The van der Waals surface area contributed by atoms with Gasteiger partial charge < -0.3 is 15.5 Å². The number of carboxylic acid groups (broad SMARTS) is 1. The van der Waals surface area contributed by atoms with Gasteiger partial charge in [0.05, 0.1) is 6.42 Å². The highest BCUT2D eigenvalue weighted by atomic mass is 16.4. The summed E-state index contributed by atoms with van der Waals surface area (Å²) in [5.74, 6) is -1.48. The molecule has 0 aliphatic carbocycles. The summed E-state index contributed by atoms with van der Waals surface area (Å²) in [4.78, 5) is 20.6. The average molecular weight is 161 g/mol. The molecule has 5 nitrogen and oxygen atoms in total. The molecular formula is C6H11NO4. The molecule has 0 spiro atoms. The fourth-order valence-electron chi connectivity index (χ4n) is 0.526. The Bertz CT molecular complexity index is 155. The van der Waals surface area contributed by atoms with E-state index in [4.69, 9.17) is 10.2 Å². The van der Waals surface area contributed by atoms with Gasteiger partial charge in [-0.2, -0.15) is 0 Å². The number of aliphatic hydroxyl groups excluding tert-OH is 1. The van der Waals surface area contributed by atoms with Crippen molar-refractivity contribution in [2.75, 3.05) is 0 Å². The van der Waals surface area contributed by atoms with Crippen molar-refractivity contribution in [3.05, 3.63) is 0 Å². The van der Waals surface area contributed by atoms with Crippen LogP contribution in [0.15, 0.2) is 0 Å². The van der Waals surface area contributed by atoms with Crippen LogP contribution in [-0.4, -0.2) is 28.3 Å². The summed E-state index contributed by atoms with van der Waals surface area (Å²) in [6.07, 6.45) is -1.23. The van der Waals surface area contributed by atoms with Crippen LogP contribution in [0.4, 0.5) is 0 Å². The van der Waals surface area contributed by atoms with E-state index in [1.165, 1.54) is 6.92 Å². The number of rotatable bonds is 4. The van der Waals surface area contributed by atoms with Crippen LogP contribution in [0.1, 0.15) is 19.8 Å². The summed E-state index contributed by atoms with van der Waals surface area (Å²) >= 11 is 0.